The van der Waals surface area contributed by atoms with Gasteiger partial charge in [0, 0.05) is 12.6 Å². The van der Waals surface area contributed by atoms with E-state index in [1.165, 1.54) is 12.1 Å². The van der Waals surface area contributed by atoms with Gasteiger partial charge in [-0.3, -0.25) is 0 Å². The third-order valence-electron chi connectivity index (χ3n) is 1.43. The van der Waals surface area contributed by atoms with E-state index in [2.05, 4.69) is 5.10 Å². The molecule has 0 radical (unpaired) electrons. The molecule has 0 saturated carbocycles. The predicted octanol–water partition coefficient (Wildman–Crippen LogP) is -0.182. The fourth-order valence-electron chi connectivity index (χ4n) is 0.860. The molecule has 0 aliphatic carbocycles. The lowest BCUT2D eigenvalue weighted by Crippen LogP contribution is -2.25. The van der Waals surface area contributed by atoms with Gasteiger partial charge in [0.2, 0.25) is 0 Å². The largest absolute Gasteiger partial charge is 0.508 e. The Balaban J connectivity index is 2.89. The summed E-state index contributed by atoms with van der Waals surface area (Å²) in [5.74, 6) is 5.78. The average molecular weight is 180 g/mol. The molecule has 0 amide bonds. The van der Waals surface area contributed by atoms with Crippen LogP contribution in [-0.2, 0) is 0 Å². The van der Waals surface area contributed by atoms with Crippen LogP contribution in [-0.4, -0.2) is 23.1 Å². The van der Waals surface area contributed by atoms with Crippen LogP contribution in [0.4, 0.5) is 0 Å². The summed E-state index contributed by atoms with van der Waals surface area (Å²) in [6.07, 6.45) is 0. The fourth-order valence-corrected chi connectivity index (χ4v) is 0.860. The van der Waals surface area contributed by atoms with E-state index in [4.69, 9.17) is 16.7 Å². The van der Waals surface area contributed by atoms with Gasteiger partial charge in [-0.25, -0.2) is 11.0 Å². The summed E-state index contributed by atoms with van der Waals surface area (Å²) in [5.41, 5.74) is 6.31. The second-order valence-corrected chi connectivity index (χ2v) is 2.61. The van der Waals surface area contributed by atoms with Gasteiger partial charge in [-0.15, -0.1) is 5.10 Å². The van der Waals surface area contributed by atoms with Gasteiger partial charge in [-0.05, 0) is 24.3 Å². The molecule has 0 bridgehead atoms. The van der Waals surface area contributed by atoms with Gasteiger partial charge in [0.15, 0.2) is 5.84 Å². The molecule has 0 fully saturated rings. The highest BCUT2D eigenvalue weighted by Gasteiger charge is 1.98. The quantitative estimate of drug-likeness (QED) is 0.255. The molecule has 5 nitrogen and oxygen atoms in total. The number of nitrogens with zero attached hydrogens (tertiary/aromatic N) is 2. The maximum Gasteiger partial charge on any atom is 0.152 e. The number of phenols is 1. The van der Waals surface area contributed by atoms with Gasteiger partial charge in [0.1, 0.15) is 5.75 Å². The Labute approximate surface area is 76.2 Å². The van der Waals surface area contributed by atoms with E-state index in [9.17, 15) is 0 Å². The van der Waals surface area contributed by atoms with Crippen molar-refractivity contribution in [2.75, 3.05) is 7.05 Å². The second-order valence-electron chi connectivity index (χ2n) is 2.61. The molecule has 0 heterocycles. The second kappa shape index (κ2) is 3.77. The van der Waals surface area contributed by atoms with Crippen molar-refractivity contribution < 1.29 is 5.11 Å². The van der Waals surface area contributed by atoms with E-state index in [1.54, 1.807) is 19.2 Å². The number of nitrogens with two attached hydrogens (primary N) is 2. The molecule has 1 aromatic rings. The molecule has 13 heavy (non-hydrogen) atoms. The Hall–Kier alpha value is -1.75. The lowest BCUT2D eigenvalue weighted by molar-refractivity contribution is 0.371. The maximum atomic E-state index is 9.00. The van der Waals surface area contributed by atoms with E-state index in [0.717, 1.165) is 10.7 Å². The molecule has 0 aromatic heterocycles. The van der Waals surface area contributed by atoms with Crippen LogP contribution < -0.4 is 11.6 Å². The van der Waals surface area contributed by atoms with Crippen LogP contribution in [0.2, 0.25) is 0 Å². The molecule has 0 atom stereocenters. The monoisotopic (exact) mass is 180 g/mol. The zero-order chi connectivity index (χ0) is 9.84. The van der Waals surface area contributed by atoms with Crippen LogP contribution in [0.25, 0.3) is 0 Å². The summed E-state index contributed by atoms with van der Waals surface area (Å²) in [7, 11) is 1.58. The minimum atomic E-state index is 0.192. The van der Waals surface area contributed by atoms with Crippen LogP contribution in [0.5, 0.6) is 5.75 Å². The van der Waals surface area contributed by atoms with Crippen molar-refractivity contribution in [3.05, 3.63) is 29.8 Å². The number of hydrazine groups is 1. The summed E-state index contributed by atoms with van der Waals surface area (Å²) in [4.78, 5) is 0. The SMILES string of the molecule is CN(N)/N=C(\N)c1ccc(O)cc1. The first-order chi connectivity index (χ1) is 6.09. The number of rotatable bonds is 2. The van der Waals surface area contributed by atoms with Crippen LogP contribution >= 0.6 is 0 Å². The molecule has 5 N–H and O–H groups in total. The zero-order valence-corrected chi connectivity index (χ0v) is 7.31. The van der Waals surface area contributed by atoms with Crippen molar-refractivity contribution in [2.45, 2.75) is 0 Å². The molecular weight excluding hydrogens is 168 g/mol. The molecule has 0 unspecified atom stereocenters. The van der Waals surface area contributed by atoms with Gasteiger partial charge in [0.25, 0.3) is 0 Å². The normalized spacial score (nSPS) is 11.4. The number of amidine groups is 1. The molecular formula is C8H12N4O. The number of hydrogen-bond acceptors (Lipinski definition) is 4. The van der Waals surface area contributed by atoms with Crippen LogP contribution in [0.15, 0.2) is 29.4 Å². The number of hydrogen-bond donors (Lipinski definition) is 3. The van der Waals surface area contributed by atoms with Gasteiger partial charge in [-0.2, -0.15) is 0 Å². The first kappa shape index (κ1) is 9.34. The molecule has 5 heteroatoms. The van der Waals surface area contributed by atoms with Gasteiger partial charge >= 0.3 is 0 Å². The lowest BCUT2D eigenvalue weighted by atomic mass is 10.2. The fraction of sp³-hybridized carbons (Fsp3) is 0.125. The molecule has 0 spiro atoms. The van der Waals surface area contributed by atoms with Crippen molar-refractivity contribution >= 4 is 5.84 Å². The van der Waals surface area contributed by atoms with E-state index in [0.29, 0.717) is 5.84 Å². The van der Waals surface area contributed by atoms with E-state index >= 15 is 0 Å². The number of phenolic OH excluding ortho intramolecular Hbond substituents is 1. The standard InChI is InChI=1S/C8H12N4O/c1-12(10)11-8(9)6-2-4-7(13)5-3-6/h2-5,13H,10H2,1H3,(H2,9,11). The Kier molecular flexibility index (Phi) is 2.71. The predicted molar refractivity (Wildman–Crippen MR) is 50.8 cm³/mol. The highest BCUT2D eigenvalue weighted by molar-refractivity contribution is 5.97. The number of aromatic hydroxyl groups is 1. The van der Waals surface area contributed by atoms with Crippen molar-refractivity contribution in [1.82, 2.24) is 5.12 Å². The molecule has 70 valence electrons. The Morgan fingerprint density at radius 3 is 2.38 bits per heavy atom. The highest BCUT2D eigenvalue weighted by Crippen LogP contribution is 2.09. The van der Waals surface area contributed by atoms with Crippen molar-refractivity contribution in [3.8, 4) is 5.75 Å². The summed E-state index contributed by atoms with van der Waals surface area (Å²) >= 11 is 0. The zero-order valence-electron chi connectivity index (χ0n) is 7.31. The van der Waals surface area contributed by atoms with Crippen molar-refractivity contribution in [2.24, 2.45) is 16.7 Å². The number of benzene rings is 1. The summed E-state index contributed by atoms with van der Waals surface area (Å²) < 4.78 is 0. The minimum absolute atomic E-state index is 0.192. The Bertz CT molecular complexity index is 304. The first-order valence-corrected chi connectivity index (χ1v) is 3.71. The minimum Gasteiger partial charge on any atom is -0.508 e. The van der Waals surface area contributed by atoms with Gasteiger partial charge < -0.3 is 10.8 Å². The third kappa shape index (κ3) is 2.64. The molecule has 1 rings (SSSR count). The molecule has 0 aliphatic heterocycles. The molecule has 1 aromatic carbocycles. The van der Waals surface area contributed by atoms with E-state index < -0.39 is 0 Å². The Morgan fingerprint density at radius 1 is 1.38 bits per heavy atom. The van der Waals surface area contributed by atoms with Crippen LogP contribution in [0.1, 0.15) is 5.56 Å². The lowest BCUT2D eigenvalue weighted by Gasteiger charge is -2.06. The average Bonchev–Trinajstić information content (AvgIpc) is 2.04. The van der Waals surface area contributed by atoms with Gasteiger partial charge in [-0.1, -0.05) is 0 Å². The van der Waals surface area contributed by atoms with Gasteiger partial charge in [0.05, 0.1) is 0 Å². The van der Waals surface area contributed by atoms with E-state index in [-0.39, 0.29) is 5.75 Å². The maximum absolute atomic E-state index is 9.00. The Morgan fingerprint density at radius 2 is 1.92 bits per heavy atom. The summed E-state index contributed by atoms with van der Waals surface area (Å²) in [5, 5.41) is 13.9. The van der Waals surface area contributed by atoms with E-state index in [1.807, 2.05) is 0 Å². The number of hydrazone groups is 1. The molecule has 0 aliphatic rings. The van der Waals surface area contributed by atoms with Crippen molar-refractivity contribution in [1.29, 1.82) is 0 Å². The van der Waals surface area contributed by atoms with Crippen LogP contribution in [0.3, 0.4) is 0 Å². The smallest absolute Gasteiger partial charge is 0.152 e. The van der Waals surface area contributed by atoms with Crippen LogP contribution in [0, 0.1) is 0 Å². The highest BCUT2D eigenvalue weighted by atomic mass is 16.3. The summed E-state index contributed by atoms with van der Waals surface area (Å²) in [6, 6.07) is 6.40. The topological polar surface area (TPSA) is 87.9 Å². The summed E-state index contributed by atoms with van der Waals surface area (Å²) in [6.45, 7) is 0. The third-order valence-corrected chi connectivity index (χ3v) is 1.43. The first-order valence-electron chi connectivity index (χ1n) is 3.71. The van der Waals surface area contributed by atoms with Crippen molar-refractivity contribution in [3.63, 3.8) is 0 Å². The molecule has 0 saturated heterocycles.